The minimum Gasteiger partial charge on any atom is -0.320 e. The fraction of sp³-hybridized carbons (Fsp3) is 0. The number of benzene rings is 1. The number of amides is 1. The van der Waals surface area contributed by atoms with E-state index in [1.807, 2.05) is 0 Å². The topological polar surface area (TPSA) is 103 Å². The Hall–Kier alpha value is -2.30. The average molecular weight is 502 g/mol. The van der Waals surface area contributed by atoms with Gasteiger partial charge in [-0.3, -0.25) is 14.9 Å². The molecule has 1 N–H and O–H groups in total. The fourth-order valence-electron chi connectivity index (χ4n) is 2.11. The molecule has 0 saturated heterocycles. The van der Waals surface area contributed by atoms with Gasteiger partial charge in [0.1, 0.15) is 10.3 Å². The summed E-state index contributed by atoms with van der Waals surface area (Å²) in [5.74, 6) is -0.188. The first-order valence-electron chi connectivity index (χ1n) is 6.98. The molecule has 0 fully saturated rings. The maximum Gasteiger partial charge on any atom is 0.274 e. The third kappa shape index (κ3) is 3.76. The van der Waals surface area contributed by atoms with Gasteiger partial charge in [0.15, 0.2) is 5.82 Å². The SMILES string of the molecule is O=C(Nc1ccc([N+](=O)[O-])cc1Br)c1cc(Br)nn1-c1ncccc1Cl. The minimum absolute atomic E-state index is 0.0945. The highest BCUT2D eigenvalue weighted by Crippen LogP contribution is 2.28. The van der Waals surface area contributed by atoms with E-state index in [-0.39, 0.29) is 11.4 Å². The highest BCUT2D eigenvalue weighted by molar-refractivity contribution is 9.10. The highest BCUT2D eigenvalue weighted by atomic mass is 79.9. The lowest BCUT2D eigenvalue weighted by molar-refractivity contribution is -0.384. The Balaban J connectivity index is 1.95. The van der Waals surface area contributed by atoms with Crippen molar-refractivity contribution in [1.82, 2.24) is 14.8 Å². The van der Waals surface area contributed by atoms with Crippen LogP contribution in [-0.2, 0) is 0 Å². The van der Waals surface area contributed by atoms with Crippen molar-refractivity contribution in [2.45, 2.75) is 0 Å². The van der Waals surface area contributed by atoms with E-state index < -0.39 is 10.8 Å². The van der Waals surface area contributed by atoms with Gasteiger partial charge < -0.3 is 5.32 Å². The Morgan fingerprint density at radius 3 is 2.69 bits per heavy atom. The summed E-state index contributed by atoms with van der Waals surface area (Å²) in [6.07, 6.45) is 1.53. The number of nitrogens with zero attached hydrogens (tertiary/aromatic N) is 4. The normalized spacial score (nSPS) is 10.6. The van der Waals surface area contributed by atoms with E-state index in [2.05, 4.69) is 47.3 Å². The number of pyridine rings is 1. The molecule has 0 radical (unpaired) electrons. The maximum atomic E-state index is 12.7. The summed E-state index contributed by atoms with van der Waals surface area (Å²) in [6, 6.07) is 8.84. The third-order valence-corrected chi connectivity index (χ3v) is 4.60. The van der Waals surface area contributed by atoms with Gasteiger partial charge in [0.2, 0.25) is 0 Å². The summed E-state index contributed by atoms with van der Waals surface area (Å²) < 4.78 is 2.11. The molecule has 0 aliphatic heterocycles. The van der Waals surface area contributed by atoms with Crippen LogP contribution in [0, 0.1) is 10.1 Å². The van der Waals surface area contributed by atoms with Crippen molar-refractivity contribution >= 4 is 60.7 Å². The van der Waals surface area contributed by atoms with Gasteiger partial charge >= 0.3 is 0 Å². The summed E-state index contributed by atoms with van der Waals surface area (Å²) >= 11 is 12.6. The van der Waals surface area contributed by atoms with Crippen molar-refractivity contribution in [3.63, 3.8) is 0 Å². The summed E-state index contributed by atoms with van der Waals surface area (Å²) in [7, 11) is 0. The Bertz CT molecular complexity index is 1020. The number of carbonyl (C=O) groups is 1. The quantitative estimate of drug-likeness (QED) is 0.416. The zero-order valence-electron chi connectivity index (χ0n) is 12.7. The first-order valence-corrected chi connectivity index (χ1v) is 8.95. The number of halogens is 3. The molecular weight excluding hydrogens is 493 g/mol. The largest absolute Gasteiger partial charge is 0.320 e. The molecule has 0 aliphatic rings. The zero-order chi connectivity index (χ0) is 18.8. The van der Waals surface area contributed by atoms with Gasteiger partial charge in [0.05, 0.1) is 15.6 Å². The maximum absolute atomic E-state index is 12.7. The third-order valence-electron chi connectivity index (χ3n) is 3.26. The molecule has 3 rings (SSSR count). The Labute approximate surface area is 168 Å². The molecule has 2 aromatic heterocycles. The number of non-ortho nitro benzene ring substituents is 1. The van der Waals surface area contributed by atoms with Crippen molar-refractivity contribution in [3.8, 4) is 5.82 Å². The predicted octanol–water partition coefficient (Wildman–Crippen LogP) is 4.61. The molecule has 0 atom stereocenters. The standard InChI is InChI=1S/C15H8Br2ClN5O3/c16-9-6-8(23(25)26)3-4-11(9)20-15(24)12-7-13(17)21-22(12)14-10(18)2-1-5-19-14/h1-7H,(H,20,24). The molecule has 0 spiro atoms. The van der Waals surface area contributed by atoms with Gasteiger partial charge in [-0.15, -0.1) is 0 Å². The van der Waals surface area contributed by atoms with Gasteiger partial charge in [0.25, 0.3) is 11.6 Å². The minimum atomic E-state index is -0.522. The number of anilines is 1. The second kappa shape index (κ2) is 7.52. The van der Waals surface area contributed by atoms with E-state index in [1.54, 1.807) is 12.1 Å². The van der Waals surface area contributed by atoms with Gasteiger partial charge in [-0.1, -0.05) is 11.6 Å². The van der Waals surface area contributed by atoms with Crippen molar-refractivity contribution < 1.29 is 9.72 Å². The van der Waals surface area contributed by atoms with E-state index in [4.69, 9.17) is 11.6 Å². The number of aromatic nitrogens is 3. The number of rotatable bonds is 4. The van der Waals surface area contributed by atoms with Crippen LogP contribution in [-0.4, -0.2) is 25.6 Å². The van der Waals surface area contributed by atoms with Crippen LogP contribution in [0.4, 0.5) is 11.4 Å². The van der Waals surface area contributed by atoms with Crippen LogP contribution in [0.1, 0.15) is 10.5 Å². The molecular formula is C15H8Br2ClN5O3. The molecule has 8 nitrogen and oxygen atoms in total. The summed E-state index contributed by atoms with van der Waals surface area (Å²) in [4.78, 5) is 27.1. The number of nitrogens with one attached hydrogen (secondary N) is 1. The van der Waals surface area contributed by atoms with Crippen LogP contribution < -0.4 is 5.32 Å². The monoisotopic (exact) mass is 499 g/mol. The number of carbonyl (C=O) groups excluding carboxylic acids is 1. The lowest BCUT2D eigenvalue weighted by atomic mass is 10.2. The smallest absolute Gasteiger partial charge is 0.274 e. The van der Waals surface area contributed by atoms with Crippen LogP contribution in [0.2, 0.25) is 5.02 Å². The zero-order valence-corrected chi connectivity index (χ0v) is 16.6. The molecule has 132 valence electrons. The fourth-order valence-corrected chi connectivity index (χ4v) is 3.16. The molecule has 1 amide bonds. The molecule has 1 aromatic carbocycles. The van der Waals surface area contributed by atoms with E-state index in [0.29, 0.717) is 25.6 Å². The Morgan fingerprint density at radius 2 is 2.04 bits per heavy atom. The van der Waals surface area contributed by atoms with Gasteiger partial charge in [-0.05, 0) is 50.1 Å². The van der Waals surface area contributed by atoms with Crippen LogP contribution in [0.15, 0.2) is 51.7 Å². The van der Waals surface area contributed by atoms with E-state index in [9.17, 15) is 14.9 Å². The van der Waals surface area contributed by atoms with Gasteiger partial charge in [0, 0.05) is 28.9 Å². The molecule has 26 heavy (non-hydrogen) atoms. The summed E-state index contributed by atoms with van der Waals surface area (Å²) in [6.45, 7) is 0. The number of hydrogen-bond acceptors (Lipinski definition) is 5. The highest BCUT2D eigenvalue weighted by Gasteiger charge is 2.20. The first-order chi connectivity index (χ1) is 12.4. The summed E-state index contributed by atoms with van der Waals surface area (Å²) in [5.41, 5.74) is 0.460. The molecule has 2 heterocycles. The molecule has 0 saturated carbocycles. The van der Waals surface area contributed by atoms with E-state index in [0.717, 1.165) is 0 Å². The second-order valence-electron chi connectivity index (χ2n) is 4.95. The van der Waals surface area contributed by atoms with Crippen LogP contribution >= 0.6 is 43.5 Å². The Kier molecular flexibility index (Phi) is 5.35. The summed E-state index contributed by atoms with van der Waals surface area (Å²) in [5, 5.41) is 18.0. The van der Waals surface area contributed by atoms with Crippen LogP contribution in [0.5, 0.6) is 0 Å². The molecule has 0 bridgehead atoms. The lowest BCUT2D eigenvalue weighted by Gasteiger charge is -2.09. The second-order valence-corrected chi connectivity index (χ2v) is 7.02. The van der Waals surface area contributed by atoms with Crippen molar-refractivity contribution in [2.75, 3.05) is 5.32 Å². The van der Waals surface area contributed by atoms with Crippen LogP contribution in [0.3, 0.4) is 0 Å². The Morgan fingerprint density at radius 1 is 1.27 bits per heavy atom. The number of nitro benzene ring substituents is 1. The van der Waals surface area contributed by atoms with Gasteiger partial charge in [-0.2, -0.15) is 5.10 Å². The molecule has 0 aliphatic carbocycles. The van der Waals surface area contributed by atoms with Crippen molar-refractivity contribution in [3.05, 3.63) is 72.5 Å². The van der Waals surface area contributed by atoms with Gasteiger partial charge in [-0.25, -0.2) is 9.67 Å². The number of hydrogen-bond donors (Lipinski definition) is 1. The van der Waals surface area contributed by atoms with E-state index in [1.165, 1.54) is 35.1 Å². The first kappa shape index (κ1) is 18.5. The average Bonchev–Trinajstić information content (AvgIpc) is 2.98. The molecule has 3 aromatic rings. The van der Waals surface area contributed by atoms with Crippen molar-refractivity contribution in [1.29, 1.82) is 0 Å². The molecule has 11 heteroatoms. The predicted molar refractivity (Wildman–Crippen MR) is 103 cm³/mol. The molecule has 0 unspecified atom stereocenters. The number of nitro groups is 1. The van der Waals surface area contributed by atoms with Crippen LogP contribution in [0.25, 0.3) is 5.82 Å². The lowest BCUT2D eigenvalue weighted by Crippen LogP contribution is -2.18. The van der Waals surface area contributed by atoms with Crippen molar-refractivity contribution in [2.24, 2.45) is 0 Å². The van der Waals surface area contributed by atoms with E-state index >= 15 is 0 Å².